The first-order valence-corrected chi connectivity index (χ1v) is 5.82. The molecule has 0 aromatic carbocycles. The predicted octanol–water partition coefficient (Wildman–Crippen LogP) is 1.74. The van der Waals surface area contributed by atoms with E-state index in [1.165, 1.54) is 0 Å². The zero-order chi connectivity index (χ0) is 12.6. The zero-order valence-corrected chi connectivity index (χ0v) is 12.1. The maximum atomic E-state index is 11.6. The topological polar surface area (TPSA) is 23.6 Å². The fourth-order valence-electron chi connectivity index (χ4n) is 0.919. The highest BCUT2D eigenvalue weighted by Crippen LogP contribution is 2.14. The molecule has 0 saturated carbocycles. The number of likely N-dealkylation sites (N-methyl/N-ethyl adjacent to an activating group) is 2. The van der Waals surface area contributed by atoms with Crippen molar-refractivity contribution in [3.8, 4) is 0 Å². The second-order valence-electron chi connectivity index (χ2n) is 4.09. The van der Waals surface area contributed by atoms with E-state index in [1.54, 1.807) is 4.90 Å². The molecule has 0 rings (SSSR count). The van der Waals surface area contributed by atoms with E-state index in [4.69, 9.17) is 0 Å². The summed E-state index contributed by atoms with van der Waals surface area (Å²) in [6, 6.07) is 0. The molecule has 0 heterocycles. The molecule has 92 valence electrons. The molecular formula is C11H26N2OS. The lowest BCUT2D eigenvalue weighted by molar-refractivity contribution is -0.131. The van der Waals surface area contributed by atoms with E-state index in [2.05, 4.69) is 17.5 Å². The molecule has 1 amide bonds. The predicted molar refractivity (Wildman–Crippen MR) is 70.6 cm³/mol. The van der Waals surface area contributed by atoms with E-state index < -0.39 is 4.75 Å². The molecule has 0 aromatic heterocycles. The van der Waals surface area contributed by atoms with Gasteiger partial charge in [0.2, 0.25) is 5.91 Å². The fraction of sp³-hybridized carbons (Fsp3) is 0.909. The van der Waals surface area contributed by atoms with Crippen molar-refractivity contribution in [2.75, 3.05) is 34.2 Å². The van der Waals surface area contributed by atoms with Crippen molar-refractivity contribution >= 4 is 18.5 Å². The average Bonchev–Trinajstić information content (AvgIpc) is 2.14. The highest BCUT2D eigenvalue weighted by molar-refractivity contribution is 7.82. The number of rotatable bonds is 4. The molecule has 0 aromatic rings. The molecule has 0 spiro atoms. The lowest BCUT2D eigenvalue weighted by Crippen LogP contribution is -2.42. The molecule has 0 bridgehead atoms. The Hall–Kier alpha value is -0.220. The van der Waals surface area contributed by atoms with Crippen LogP contribution in [0.15, 0.2) is 0 Å². The molecule has 4 heteroatoms. The van der Waals surface area contributed by atoms with Crippen LogP contribution >= 0.6 is 12.6 Å². The SMILES string of the molecule is CC.CN(C)CCN(C)C(=O)C(C)(C)S. The Balaban J connectivity index is 0. The molecule has 0 aliphatic heterocycles. The molecule has 0 radical (unpaired) electrons. The fourth-order valence-corrected chi connectivity index (χ4v) is 1.09. The Labute approximate surface area is 100 Å². The standard InChI is InChI=1S/C9H20N2OS.C2H6/c1-9(2,13)8(12)11(5)7-6-10(3)4;1-2/h13H,6-7H2,1-5H3;1-2H3. The second kappa shape index (κ2) is 7.99. The van der Waals surface area contributed by atoms with Crippen molar-refractivity contribution in [3.05, 3.63) is 0 Å². The maximum absolute atomic E-state index is 11.6. The van der Waals surface area contributed by atoms with Gasteiger partial charge in [-0.3, -0.25) is 4.79 Å². The molecule has 0 saturated heterocycles. The number of thiol groups is 1. The van der Waals surface area contributed by atoms with Gasteiger partial charge in [-0.25, -0.2) is 0 Å². The molecule has 0 N–H and O–H groups in total. The lowest BCUT2D eigenvalue weighted by atomic mass is 10.2. The number of hydrogen-bond donors (Lipinski definition) is 1. The van der Waals surface area contributed by atoms with Crippen molar-refractivity contribution < 1.29 is 4.79 Å². The van der Waals surface area contributed by atoms with E-state index in [0.29, 0.717) is 0 Å². The summed E-state index contributed by atoms with van der Waals surface area (Å²) in [5.41, 5.74) is 0. The monoisotopic (exact) mass is 234 g/mol. The smallest absolute Gasteiger partial charge is 0.237 e. The summed E-state index contributed by atoms with van der Waals surface area (Å²) in [4.78, 5) is 15.4. The van der Waals surface area contributed by atoms with Gasteiger partial charge in [0.1, 0.15) is 0 Å². The van der Waals surface area contributed by atoms with Crippen LogP contribution in [0.4, 0.5) is 0 Å². The summed E-state index contributed by atoms with van der Waals surface area (Å²) >= 11 is 4.23. The molecule has 0 aliphatic rings. The summed E-state index contributed by atoms with van der Waals surface area (Å²) < 4.78 is -0.568. The Kier molecular flexibility index (Phi) is 9.16. The first-order chi connectivity index (χ1) is 6.75. The Morgan fingerprint density at radius 2 is 1.53 bits per heavy atom. The van der Waals surface area contributed by atoms with Gasteiger partial charge in [0.05, 0.1) is 4.75 Å². The summed E-state index contributed by atoms with van der Waals surface area (Å²) in [7, 11) is 5.79. The third-order valence-electron chi connectivity index (χ3n) is 1.75. The summed E-state index contributed by atoms with van der Waals surface area (Å²) in [5.74, 6) is 0.0673. The van der Waals surface area contributed by atoms with E-state index >= 15 is 0 Å². The third-order valence-corrected chi connectivity index (χ3v) is 1.94. The molecule has 0 atom stereocenters. The Morgan fingerprint density at radius 3 is 1.80 bits per heavy atom. The minimum absolute atomic E-state index is 0.0673. The number of hydrogen-bond acceptors (Lipinski definition) is 3. The van der Waals surface area contributed by atoms with E-state index in [0.717, 1.165) is 13.1 Å². The van der Waals surface area contributed by atoms with Crippen LogP contribution in [0.3, 0.4) is 0 Å². The number of nitrogens with zero attached hydrogens (tertiary/aromatic N) is 2. The normalized spacial score (nSPS) is 10.7. The zero-order valence-electron chi connectivity index (χ0n) is 11.2. The first-order valence-electron chi connectivity index (χ1n) is 5.38. The lowest BCUT2D eigenvalue weighted by Gasteiger charge is -2.26. The van der Waals surface area contributed by atoms with Gasteiger partial charge in [-0.05, 0) is 27.9 Å². The summed E-state index contributed by atoms with van der Waals surface area (Å²) in [6.07, 6.45) is 0. The molecular weight excluding hydrogens is 208 g/mol. The van der Waals surface area contributed by atoms with Crippen molar-refractivity contribution in [3.63, 3.8) is 0 Å². The van der Waals surface area contributed by atoms with Gasteiger partial charge in [-0.2, -0.15) is 12.6 Å². The van der Waals surface area contributed by atoms with Gasteiger partial charge in [0.25, 0.3) is 0 Å². The molecule has 3 nitrogen and oxygen atoms in total. The largest absolute Gasteiger partial charge is 0.343 e. The van der Waals surface area contributed by atoms with Crippen molar-refractivity contribution in [1.82, 2.24) is 9.80 Å². The van der Waals surface area contributed by atoms with Gasteiger partial charge in [0, 0.05) is 20.1 Å². The second-order valence-corrected chi connectivity index (χ2v) is 5.21. The summed E-state index contributed by atoms with van der Waals surface area (Å²) in [6.45, 7) is 9.25. The Morgan fingerprint density at radius 1 is 1.13 bits per heavy atom. The molecule has 0 unspecified atom stereocenters. The van der Waals surface area contributed by atoms with Crippen LogP contribution in [0, 0.1) is 0 Å². The van der Waals surface area contributed by atoms with E-state index in [1.807, 2.05) is 48.8 Å². The third kappa shape index (κ3) is 8.75. The van der Waals surface area contributed by atoms with Gasteiger partial charge in [0.15, 0.2) is 0 Å². The number of carbonyl (C=O) groups excluding carboxylic acids is 1. The van der Waals surface area contributed by atoms with Crippen LogP contribution in [0.2, 0.25) is 0 Å². The average molecular weight is 234 g/mol. The minimum Gasteiger partial charge on any atom is -0.343 e. The van der Waals surface area contributed by atoms with Gasteiger partial charge < -0.3 is 9.80 Å². The molecule has 0 fully saturated rings. The molecule has 15 heavy (non-hydrogen) atoms. The van der Waals surface area contributed by atoms with Crippen LogP contribution in [0.25, 0.3) is 0 Å². The highest BCUT2D eigenvalue weighted by atomic mass is 32.1. The van der Waals surface area contributed by atoms with Crippen molar-refractivity contribution in [2.45, 2.75) is 32.4 Å². The maximum Gasteiger partial charge on any atom is 0.237 e. The number of amides is 1. The van der Waals surface area contributed by atoms with Crippen molar-refractivity contribution in [2.24, 2.45) is 0 Å². The Bertz CT molecular complexity index is 176. The first kappa shape index (κ1) is 17.2. The van der Waals surface area contributed by atoms with Gasteiger partial charge >= 0.3 is 0 Å². The van der Waals surface area contributed by atoms with Crippen LogP contribution in [0.5, 0.6) is 0 Å². The van der Waals surface area contributed by atoms with Crippen LogP contribution in [-0.2, 0) is 4.79 Å². The van der Waals surface area contributed by atoms with Crippen LogP contribution in [0.1, 0.15) is 27.7 Å². The molecule has 0 aliphatic carbocycles. The number of carbonyl (C=O) groups is 1. The van der Waals surface area contributed by atoms with Gasteiger partial charge in [-0.15, -0.1) is 0 Å². The van der Waals surface area contributed by atoms with Crippen molar-refractivity contribution in [1.29, 1.82) is 0 Å². The van der Waals surface area contributed by atoms with E-state index in [-0.39, 0.29) is 5.91 Å². The summed E-state index contributed by atoms with van der Waals surface area (Å²) in [5, 5.41) is 0. The minimum atomic E-state index is -0.568. The van der Waals surface area contributed by atoms with Gasteiger partial charge in [-0.1, -0.05) is 13.8 Å². The van der Waals surface area contributed by atoms with Crippen LogP contribution < -0.4 is 0 Å². The highest BCUT2D eigenvalue weighted by Gasteiger charge is 2.25. The van der Waals surface area contributed by atoms with E-state index in [9.17, 15) is 4.79 Å². The van der Waals surface area contributed by atoms with Crippen LogP contribution in [-0.4, -0.2) is 54.7 Å². The quantitative estimate of drug-likeness (QED) is 0.749.